The van der Waals surface area contributed by atoms with Gasteiger partial charge in [0.05, 0.1) is 35.1 Å². The van der Waals surface area contributed by atoms with Gasteiger partial charge in [0.25, 0.3) is 0 Å². The Kier molecular flexibility index (Phi) is 7.11. The van der Waals surface area contributed by atoms with Crippen LogP contribution in [0.3, 0.4) is 0 Å². The zero-order valence-corrected chi connectivity index (χ0v) is 19.9. The van der Waals surface area contributed by atoms with Crippen LogP contribution in [-0.2, 0) is 6.61 Å². The fourth-order valence-electron chi connectivity index (χ4n) is 4.34. The monoisotopic (exact) mass is 473 g/mol. The number of pyridine rings is 1. The molecule has 0 aliphatic carbocycles. The molecule has 0 amide bonds. The van der Waals surface area contributed by atoms with Gasteiger partial charge in [0.1, 0.15) is 19.0 Å². The number of piperidine rings is 1. The average molecular weight is 474 g/mol. The molecule has 2 aromatic carbocycles. The highest BCUT2D eigenvalue weighted by molar-refractivity contribution is 5.96. The third-order valence-corrected chi connectivity index (χ3v) is 6.33. The van der Waals surface area contributed by atoms with Crippen LogP contribution >= 0.6 is 0 Å². The summed E-state index contributed by atoms with van der Waals surface area (Å²) in [7, 11) is 0. The van der Waals surface area contributed by atoms with Gasteiger partial charge in [-0.2, -0.15) is 0 Å². The fraction of sp³-hybridized carbons (Fsp3) is 0.333. The smallest absolute Gasteiger partial charge is 0.242 e. The van der Waals surface area contributed by atoms with Crippen LogP contribution in [0.5, 0.6) is 11.6 Å². The number of rotatable bonds is 9. The number of aromatic nitrogens is 3. The number of fused-ring (bicyclic) bond motifs is 1. The zero-order valence-electron chi connectivity index (χ0n) is 19.9. The number of hydrogen-bond donors (Lipinski definition) is 3. The predicted molar refractivity (Wildman–Crippen MR) is 136 cm³/mol. The number of H-pyrrole nitrogens is 1. The first-order valence-corrected chi connectivity index (χ1v) is 12.1. The summed E-state index contributed by atoms with van der Waals surface area (Å²) in [5.41, 5.74) is 4.75. The molecule has 5 rings (SSSR count). The molecule has 0 saturated carbocycles. The van der Waals surface area contributed by atoms with Crippen molar-refractivity contribution >= 4 is 22.3 Å². The third-order valence-electron chi connectivity index (χ3n) is 6.33. The second kappa shape index (κ2) is 10.8. The summed E-state index contributed by atoms with van der Waals surface area (Å²) < 4.78 is 12.1. The first kappa shape index (κ1) is 23.1. The second-order valence-corrected chi connectivity index (χ2v) is 8.94. The van der Waals surface area contributed by atoms with Gasteiger partial charge in [-0.3, -0.25) is 15.0 Å². The highest BCUT2D eigenvalue weighted by atomic mass is 16.5. The van der Waals surface area contributed by atoms with Gasteiger partial charge in [-0.1, -0.05) is 30.3 Å². The van der Waals surface area contributed by atoms with Crippen LogP contribution in [0, 0.1) is 6.92 Å². The van der Waals surface area contributed by atoms with E-state index in [4.69, 9.17) is 9.47 Å². The van der Waals surface area contributed by atoms with Crippen molar-refractivity contribution in [3.63, 3.8) is 0 Å². The minimum Gasteiger partial charge on any atom is -0.489 e. The largest absolute Gasteiger partial charge is 0.489 e. The molecule has 1 fully saturated rings. The van der Waals surface area contributed by atoms with Gasteiger partial charge >= 0.3 is 0 Å². The number of nitrogens with one attached hydrogen (secondary N) is 2. The Hall–Kier alpha value is -3.62. The van der Waals surface area contributed by atoms with Crippen molar-refractivity contribution in [3.8, 4) is 11.6 Å². The van der Waals surface area contributed by atoms with Crippen molar-refractivity contribution in [2.75, 3.05) is 31.6 Å². The van der Waals surface area contributed by atoms with Crippen molar-refractivity contribution in [1.29, 1.82) is 0 Å². The number of ether oxygens (including phenoxy) is 2. The lowest BCUT2D eigenvalue weighted by atomic mass is 10.1. The Morgan fingerprint density at radius 1 is 1.09 bits per heavy atom. The number of aromatic amines is 1. The Morgan fingerprint density at radius 3 is 2.71 bits per heavy atom. The minimum absolute atomic E-state index is 0.170. The van der Waals surface area contributed by atoms with Crippen LogP contribution in [-0.4, -0.2) is 57.5 Å². The highest BCUT2D eigenvalue weighted by Crippen LogP contribution is 2.33. The van der Waals surface area contributed by atoms with E-state index in [1.54, 1.807) is 12.4 Å². The summed E-state index contributed by atoms with van der Waals surface area (Å²) in [6, 6.07) is 16.2. The summed E-state index contributed by atoms with van der Waals surface area (Å²) in [5.74, 6) is 1.41. The molecular formula is C27H31N5O3. The molecule has 8 heteroatoms. The number of hydrogen-bond acceptors (Lipinski definition) is 7. The Bertz CT molecular complexity index is 1250. The first-order chi connectivity index (χ1) is 17.2. The lowest BCUT2D eigenvalue weighted by molar-refractivity contribution is 0.0752. The van der Waals surface area contributed by atoms with E-state index in [9.17, 15) is 5.11 Å². The number of aliphatic hydroxyl groups excluding tert-OH is 1. The lowest BCUT2D eigenvalue weighted by Crippen LogP contribution is -2.38. The Labute approximate surface area is 204 Å². The third kappa shape index (κ3) is 5.72. The van der Waals surface area contributed by atoms with Crippen LogP contribution < -0.4 is 14.8 Å². The van der Waals surface area contributed by atoms with Crippen molar-refractivity contribution in [2.24, 2.45) is 0 Å². The normalized spacial score (nSPS) is 14.8. The van der Waals surface area contributed by atoms with E-state index < -0.39 is 0 Å². The highest BCUT2D eigenvalue weighted by Gasteiger charge is 2.18. The molecule has 2 aromatic heterocycles. The topological polar surface area (TPSA) is 95.5 Å². The molecule has 0 radical (unpaired) electrons. The maximum Gasteiger partial charge on any atom is 0.242 e. The molecule has 0 bridgehead atoms. The van der Waals surface area contributed by atoms with E-state index >= 15 is 0 Å². The molecular weight excluding hydrogens is 442 g/mol. The molecule has 3 N–H and O–H groups in total. The maximum atomic E-state index is 9.69. The number of aliphatic hydroxyl groups is 1. The molecule has 1 saturated heterocycles. The summed E-state index contributed by atoms with van der Waals surface area (Å²) in [6.45, 7) is 5.70. The summed E-state index contributed by atoms with van der Waals surface area (Å²) in [4.78, 5) is 6.65. The van der Waals surface area contributed by atoms with E-state index in [0.29, 0.717) is 19.1 Å². The van der Waals surface area contributed by atoms with E-state index in [0.717, 1.165) is 71.6 Å². The van der Waals surface area contributed by atoms with Gasteiger partial charge in [0, 0.05) is 25.3 Å². The quantitative estimate of drug-likeness (QED) is 0.331. The Balaban J connectivity index is 1.25. The van der Waals surface area contributed by atoms with Crippen LogP contribution in [0.2, 0.25) is 0 Å². The molecule has 35 heavy (non-hydrogen) atoms. The summed E-state index contributed by atoms with van der Waals surface area (Å²) in [6.07, 6.45) is 5.00. The Morgan fingerprint density at radius 2 is 1.91 bits per heavy atom. The van der Waals surface area contributed by atoms with Crippen LogP contribution in [0.15, 0.2) is 60.9 Å². The first-order valence-electron chi connectivity index (χ1n) is 12.1. The number of benzene rings is 2. The number of likely N-dealkylation sites (tertiary alicyclic amines) is 1. The molecule has 1 aliphatic heterocycles. The molecule has 182 valence electrons. The summed E-state index contributed by atoms with van der Waals surface area (Å²) in [5, 5.41) is 21.4. The van der Waals surface area contributed by atoms with E-state index in [-0.39, 0.29) is 6.10 Å². The van der Waals surface area contributed by atoms with Gasteiger partial charge in [0.2, 0.25) is 5.88 Å². The number of anilines is 2. The van der Waals surface area contributed by atoms with Crippen LogP contribution in [0.4, 0.5) is 11.4 Å². The predicted octanol–water partition coefficient (Wildman–Crippen LogP) is 4.42. The molecule has 1 aliphatic rings. The van der Waals surface area contributed by atoms with Crippen molar-refractivity contribution in [1.82, 2.24) is 20.1 Å². The molecule has 3 heterocycles. The molecule has 0 atom stereocenters. The standard InChI is InChI=1S/C27H31N5O3/c1-19-15-21(7-8-25(19)35-18-20-5-3-2-4-6-20)29-23-16-28-17-24-26(23)27(31-30-24)34-14-13-32-11-9-22(33)10-12-32/h2-8,15-17,22,29,33H,9-14,18H2,1H3,(H,30,31). The second-order valence-electron chi connectivity index (χ2n) is 8.94. The van der Waals surface area contributed by atoms with Gasteiger partial charge < -0.3 is 19.9 Å². The van der Waals surface area contributed by atoms with Gasteiger partial charge in [0.15, 0.2) is 0 Å². The maximum absolute atomic E-state index is 9.69. The number of aryl methyl sites for hydroxylation is 1. The van der Waals surface area contributed by atoms with Gasteiger partial charge in [-0.15, -0.1) is 5.10 Å². The van der Waals surface area contributed by atoms with Gasteiger partial charge in [-0.25, -0.2) is 0 Å². The minimum atomic E-state index is -0.170. The average Bonchev–Trinajstić information content (AvgIpc) is 3.29. The molecule has 0 unspecified atom stereocenters. The molecule has 8 nitrogen and oxygen atoms in total. The van der Waals surface area contributed by atoms with Crippen molar-refractivity contribution in [2.45, 2.75) is 32.5 Å². The van der Waals surface area contributed by atoms with Gasteiger partial charge in [-0.05, 0) is 49.1 Å². The zero-order chi connectivity index (χ0) is 24.0. The van der Waals surface area contributed by atoms with E-state index in [1.807, 2.05) is 37.3 Å². The number of nitrogens with zero attached hydrogens (tertiary/aromatic N) is 3. The molecule has 0 spiro atoms. The van der Waals surface area contributed by atoms with E-state index in [1.165, 1.54) is 0 Å². The van der Waals surface area contributed by atoms with Crippen molar-refractivity contribution in [3.05, 3.63) is 72.1 Å². The summed E-state index contributed by atoms with van der Waals surface area (Å²) >= 11 is 0. The van der Waals surface area contributed by atoms with E-state index in [2.05, 4.69) is 43.6 Å². The molecule has 4 aromatic rings. The fourth-order valence-corrected chi connectivity index (χ4v) is 4.34. The van der Waals surface area contributed by atoms with Crippen molar-refractivity contribution < 1.29 is 14.6 Å². The van der Waals surface area contributed by atoms with Crippen LogP contribution in [0.25, 0.3) is 10.9 Å². The SMILES string of the molecule is Cc1cc(Nc2cncc3[nH]nc(OCCN4CCC(O)CC4)c23)ccc1OCc1ccccc1. The van der Waals surface area contributed by atoms with Crippen LogP contribution in [0.1, 0.15) is 24.0 Å². The lowest BCUT2D eigenvalue weighted by Gasteiger charge is -2.29.